The molecule has 1 aromatic carbocycles. The molecule has 0 radical (unpaired) electrons. The molecule has 1 unspecified atom stereocenters. The number of hydrogen-bond acceptors (Lipinski definition) is 5. The first-order valence-corrected chi connectivity index (χ1v) is 8.21. The fourth-order valence-electron chi connectivity index (χ4n) is 2.66. The number of carbonyl (C=O) groups excluding carboxylic acids is 2. The number of aldehydes is 1. The number of rotatable bonds is 8. The van der Waals surface area contributed by atoms with Crippen LogP contribution in [0.3, 0.4) is 0 Å². The Kier molecular flexibility index (Phi) is 6.87. The van der Waals surface area contributed by atoms with Crippen LogP contribution in [0.5, 0.6) is 0 Å². The van der Waals surface area contributed by atoms with Gasteiger partial charge in [-0.2, -0.15) is 0 Å². The zero-order valence-corrected chi connectivity index (χ0v) is 13.6. The number of amides is 1. The van der Waals surface area contributed by atoms with Gasteiger partial charge in [0.15, 0.2) is 0 Å². The first kappa shape index (κ1) is 17.3. The van der Waals surface area contributed by atoms with E-state index in [2.05, 4.69) is 21.3 Å². The SMILES string of the molecule is CNC(=O)CCC(C=O)Nc1ccc(NC2CCNCC2)cc1. The van der Waals surface area contributed by atoms with E-state index in [1.807, 2.05) is 24.3 Å². The number of nitrogens with one attached hydrogen (secondary N) is 4. The van der Waals surface area contributed by atoms with Crippen molar-refractivity contribution in [3.63, 3.8) is 0 Å². The molecule has 0 aliphatic carbocycles. The second-order valence-electron chi connectivity index (χ2n) is 5.84. The van der Waals surface area contributed by atoms with E-state index in [-0.39, 0.29) is 11.9 Å². The third-order valence-electron chi connectivity index (χ3n) is 4.07. The zero-order chi connectivity index (χ0) is 16.5. The van der Waals surface area contributed by atoms with E-state index in [0.29, 0.717) is 18.9 Å². The molecule has 0 spiro atoms. The number of piperidine rings is 1. The summed E-state index contributed by atoms with van der Waals surface area (Å²) in [6, 6.07) is 8.12. The minimum absolute atomic E-state index is 0.0554. The van der Waals surface area contributed by atoms with Gasteiger partial charge in [-0.05, 0) is 56.6 Å². The first-order valence-electron chi connectivity index (χ1n) is 8.21. The van der Waals surface area contributed by atoms with Crippen LogP contribution in [0, 0.1) is 0 Å². The molecular weight excluding hydrogens is 292 g/mol. The lowest BCUT2D eigenvalue weighted by Gasteiger charge is -2.24. The van der Waals surface area contributed by atoms with Gasteiger partial charge in [0.1, 0.15) is 6.29 Å². The van der Waals surface area contributed by atoms with E-state index < -0.39 is 0 Å². The Hall–Kier alpha value is -2.08. The molecule has 2 rings (SSSR count). The molecule has 4 N–H and O–H groups in total. The van der Waals surface area contributed by atoms with Crippen LogP contribution in [0.2, 0.25) is 0 Å². The highest BCUT2D eigenvalue weighted by Crippen LogP contribution is 2.18. The smallest absolute Gasteiger partial charge is 0.219 e. The molecule has 1 aliphatic rings. The van der Waals surface area contributed by atoms with Gasteiger partial charge in [0, 0.05) is 30.9 Å². The molecule has 1 saturated heterocycles. The normalized spacial score (nSPS) is 16.4. The highest BCUT2D eigenvalue weighted by Gasteiger charge is 2.13. The molecule has 126 valence electrons. The van der Waals surface area contributed by atoms with Crippen molar-refractivity contribution < 1.29 is 9.59 Å². The Labute approximate surface area is 137 Å². The van der Waals surface area contributed by atoms with E-state index in [1.165, 1.54) is 0 Å². The first-order chi connectivity index (χ1) is 11.2. The number of hydrogen-bond donors (Lipinski definition) is 4. The van der Waals surface area contributed by atoms with Crippen LogP contribution in [-0.2, 0) is 9.59 Å². The van der Waals surface area contributed by atoms with Crippen LogP contribution >= 0.6 is 0 Å². The van der Waals surface area contributed by atoms with Crippen LogP contribution in [-0.4, -0.2) is 44.4 Å². The third kappa shape index (κ3) is 5.90. The van der Waals surface area contributed by atoms with Gasteiger partial charge in [-0.25, -0.2) is 0 Å². The van der Waals surface area contributed by atoms with Gasteiger partial charge in [-0.1, -0.05) is 0 Å². The quantitative estimate of drug-likeness (QED) is 0.544. The van der Waals surface area contributed by atoms with Crippen LogP contribution in [0.25, 0.3) is 0 Å². The Morgan fingerprint density at radius 1 is 1.26 bits per heavy atom. The highest BCUT2D eigenvalue weighted by atomic mass is 16.1. The van der Waals surface area contributed by atoms with Crippen molar-refractivity contribution in [3.8, 4) is 0 Å². The van der Waals surface area contributed by atoms with Crippen LogP contribution < -0.4 is 21.3 Å². The molecule has 6 heteroatoms. The summed E-state index contributed by atoms with van der Waals surface area (Å²) in [5, 5.41) is 12.6. The zero-order valence-electron chi connectivity index (χ0n) is 13.6. The summed E-state index contributed by atoms with van der Waals surface area (Å²) in [5.41, 5.74) is 1.98. The largest absolute Gasteiger partial charge is 0.382 e. The van der Waals surface area contributed by atoms with Crippen molar-refractivity contribution in [2.75, 3.05) is 30.8 Å². The summed E-state index contributed by atoms with van der Waals surface area (Å²) in [6.45, 7) is 2.12. The lowest BCUT2D eigenvalue weighted by Crippen LogP contribution is -2.35. The van der Waals surface area contributed by atoms with Gasteiger partial charge in [-0.15, -0.1) is 0 Å². The van der Waals surface area contributed by atoms with Gasteiger partial charge in [0.05, 0.1) is 6.04 Å². The number of benzene rings is 1. The predicted molar refractivity (Wildman–Crippen MR) is 92.7 cm³/mol. The van der Waals surface area contributed by atoms with E-state index in [9.17, 15) is 9.59 Å². The molecule has 1 aromatic rings. The van der Waals surface area contributed by atoms with Gasteiger partial charge in [0.2, 0.25) is 5.91 Å². The van der Waals surface area contributed by atoms with E-state index in [4.69, 9.17) is 0 Å². The lowest BCUT2D eigenvalue weighted by atomic mass is 10.1. The van der Waals surface area contributed by atoms with Crippen molar-refractivity contribution in [2.24, 2.45) is 0 Å². The average Bonchev–Trinajstić information content (AvgIpc) is 2.60. The second-order valence-corrected chi connectivity index (χ2v) is 5.84. The topological polar surface area (TPSA) is 82.3 Å². The second kappa shape index (κ2) is 9.15. The summed E-state index contributed by atoms with van der Waals surface area (Å²) < 4.78 is 0. The maximum absolute atomic E-state index is 11.3. The number of carbonyl (C=O) groups is 2. The molecular formula is C17H26N4O2. The molecule has 23 heavy (non-hydrogen) atoms. The molecule has 6 nitrogen and oxygen atoms in total. The maximum atomic E-state index is 11.3. The van der Waals surface area contributed by atoms with E-state index in [1.54, 1.807) is 7.05 Å². The molecule has 1 heterocycles. The Balaban J connectivity index is 1.82. The molecule has 1 atom stereocenters. The summed E-state index contributed by atoms with van der Waals surface area (Å²) in [4.78, 5) is 22.4. The van der Waals surface area contributed by atoms with E-state index >= 15 is 0 Å². The highest BCUT2D eigenvalue weighted by molar-refractivity contribution is 5.76. The minimum Gasteiger partial charge on any atom is -0.382 e. The molecule has 1 fully saturated rings. The maximum Gasteiger partial charge on any atom is 0.219 e. The van der Waals surface area contributed by atoms with Crippen molar-refractivity contribution in [1.82, 2.24) is 10.6 Å². The van der Waals surface area contributed by atoms with Gasteiger partial charge >= 0.3 is 0 Å². The minimum atomic E-state index is -0.351. The standard InChI is InChI=1S/C17H26N4O2/c1-18-17(23)7-6-16(12-22)21-14-4-2-13(3-5-14)20-15-8-10-19-11-9-15/h2-5,12,15-16,19-21H,6-11H2,1H3,(H,18,23). The van der Waals surface area contributed by atoms with Crippen LogP contribution in [0.15, 0.2) is 24.3 Å². The average molecular weight is 318 g/mol. The monoisotopic (exact) mass is 318 g/mol. The summed E-state index contributed by atoms with van der Waals surface area (Å²) in [5.74, 6) is -0.0554. The molecule has 0 bridgehead atoms. The Bertz CT molecular complexity index is 498. The number of anilines is 2. The predicted octanol–water partition coefficient (Wildman–Crippen LogP) is 1.36. The van der Waals surface area contributed by atoms with Crippen molar-refractivity contribution >= 4 is 23.6 Å². The van der Waals surface area contributed by atoms with Gasteiger partial charge in [-0.3, -0.25) is 4.79 Å². The van der Waals surface area contributed by atoms with Crippen LogP contribution in [0.4, 0.5) is 11.4 Å². The summed E-state index contributed by atoms with van der Waals surface area (Å²) in [7, 11) is 1.60. The third-order valence-corrected chi connectivity index (χ3v) is 4.07. The fourth-order valence-corrected chi connectivity index (χ4v) is 2.66. The lowest BCUT2D eigenvalue weighted by molar-refractivity contribution is -0.120. The van der Waals surface area contributed by atoms with Gasteiger partial charge in [0.25, 0.3) is 0 Å². The molecule has 0 saturated carbocycles. The van der Waals surface area contributed by atoms with Crippen LogP contribution in [0.1, 0.15) is 25.7 Å². The molecule has 1 amide bonds. The van der Waals surface area contributed by atoms with Crippen molar-refractivity contribution in [1.29, 1.82) is 0 Å². The van der Waals surface area contributed by atoms with Crippen molar-refractivity contribution in [3.05, 3.63) is 24.3 Å². The summed E-state index contributed by atoms with van der Waals surface area (Å²) in [6.07, 6.45) is 3.93. The molecule has 0 aromatic heterocycles. The van der Waals surface area contributed by atoms with Crippen molar-refractivity contribution in [2.45, 2.75) is 37.8 Å². The summed E-state index contributed by atoms with van der Waals surface area (Å²) >= 11 is 0. The fraction of sp³-hybridized carbons (Fsp3) is 0.529. The Morgan fingerprint density at radius 2 is 1.91 bits per heavy atom. The Morgan fingerprint density at radius 3 is 2.52 bits per heavy atom. The van der Waals surface area contributed by atoms with Gasteiger partial charge < -0.3 is 26.1 Å². The molecule has 1 aliphatic heterocycles. The van der Waals surface area contributed by atoms with E-state index in [0.717, 1.165) is 43.6 Å².